The van der Waals surface area contributed by atoms with Crippen LogP contribution in [-0.2, 0) is 4.74 Å². The molecule has 0 aliphatic carbocycles. The zero-order valence-corrected chi connectivity index (χ0v) is 23.7. The van der Waals surface area contributed by atoms with Gasteiger partial charge in [0, 0.05) is 36.9 Å². The molecule has 5 heterocycles. The van der Waals surface area contributed by atoms with Gasteiger partial charge in [0.05, 0.1) is 39.8 Å². The second-order valence-electron chi connectivity index (χ2n) is 11.1. The molecule has 0 radical (unpaired) electrons. The van der Waals surface area contributed by atoms with Crippen LogP contribution in [0.15, 0.2) is 36.7 Å². The van der Waals surface area contributed by atoms with Gasteiger partial charge in [-0.1, -0.05) is 11.3 Å². The fraction of sp³-hybridized carbons (Fsp3) is 0.464. The van der Waals surface area contributed by atoms with E-state index in [2.05, 4.69) is 40.5 Å². The highest BCUT2D eigenvalue weighted by atomic mass is 32.1. The molecule has 5 rings (SSSR count). The van der Waals surface area contributed by atoms with E-state index >= 15 is 0 Å². The van der Waals surface area contributed by atoms with Crippen LogP contribution in [0.3, 0.4) is 0 Å². The van der Waals surface area contributed by atoms with Crippen molar-refractivity contribution >= 4 is 22.5 Å². The van der Waals surface area contributed by atoms with E-state index in [4.69, 9.17) is 9.72 Å². The Kier molecular flexibility index (Phi) is 7.64. The van der Waals surface area contributed by atoms with Gasteiger partial charge in [-0.2, -0.15) is 10.4 Å². The number of nitriles is 1. The Morgan fingerprint density at radius 3 is 2.62 bits per heavy atom. The minimum absolute atomic E-state index is 0.206. The maximum absolute atomic E-state index is 10.4. The van der Waals surface area contributed by atoms with Crippen LogP contribution in [-0.4, -0.2) is 65.9 Å². The van der Waals surface area contributed by atoms with Gasteiger partial charge in [-0.3, -0.25) is 9.88 Å². The maximum atomic E-state index is 10.4. The number of nitrogens with zero attached hydrogens (tertiary/aromatic N) is 7. The molecule has 1 atom stereocenters. The zero-order chi connectivity index (χ0) is 27.7. The first-order valence-electron chi connectivity index (χ1n) is 13.2. The van der Waals surface area contributed by atoms with E-state index in [-0.39, 0.29) is 6.04 Å². The molecular weight excluding hydrogens is 512 g/mol. The lowest BCUT2D eigenvalue weighted by atomic mass is 9.98. The number of hydrogen-bond donors (Lipinski definition) is 2. The Morgan fingerprint density at radius 1 is 1.15 bits per heavy atom. The molecule has 0 bridgehead atoms. The van der Waals surface area contributed by atoms with Crippen molar-refractivity contribution in [3.05, 3.63) is 47.2 Å². The van der Waals surface area contributed by atoms with Crippen LogP contribution in [0.25, 0.3) is 27.5 Å². The van der Waals surface area contributed by atoms with Crippen LogP contribution in [0.1, 0.15) is 63.9 Å². The summed E-state index contributed by atoms with van der Waals surface area (Å²) in [6, 6.07) is 10.1. The van der Waals surface area contributed by atoms with E-state index in [1.807, 2.05) is 56.1 Å². The first-order chi connectivity index (χ1) is 18.6. The lowest BCUT2D eigenvalue weighted by Gasteiger charge is -2.36. The summed E-state index contributed by atoms with van der Waals surface area (Å²) in [4.78, 5) is 6.73. The number of nitrogens with one attached hydrogen (secondary N) is 1. The second-order valence-corrected chi connectivity index (χ2v) is 12.1. The fourth-order valence-corrected chi connectivity index (χ4v) is 5.75. The van der Waals surface area contributed by atoms with Gasteiger partial charge in [0.2, 0.25) is 6.41 Å². The molecule has 39 heavy (non-hydrogen) atoms. The first-order valence-corrected chi connectivity index (χ1v) is 14.0. The molecule has 0 amide bonds. The van der Waals surface area contributed by atoms with Crippen LogP contribution in [0.2, 0.25) is 0 Å². The van der Waals surface area contributed by atoms with E-state index in [9.17, 15) is 10.4 Å². The number of anilines is 1. The van der Waals surface area contributed by atoms with Crippen LogP contribution in [0, 0.1) is 11.3 Å². The molecular formula is C28H34N8O2S. The maximum Gasteiger partial charge on any atom is 0.216 e. The average Bonchev–Trinajstić information content (AvgIpc) is 3.55. The Labute approximate surface area is 232 Å². The summed E-state index contributed by atoms with van der Waals surface area (Å²) in [6.45, 7) is 11.5. The first kappa shape index (κ1) is 27.1. The third kappa shape index (κ3) is 6.09. The number of rotatable bonds is 7. The molecule has 4 aromatic heterocycles. The summed E-state index contributed by atoms with van der Waals surface area (Å²) >= 11 is 1.60. The molecule has 1 fully saturated rings. The SMILES string of the molecule is CC(C)Nc1cc(-c2ccc3cc(C#N)cnn23)ncc1-c1nnc(C2CCN(C(O)OC(C)(C)C)CC2)s1. The van der Waals surface area contributed by atoms with Crippen molar-refractivity contribution in [1.82, 2.24) is 29.7 Å². The van der Waals surface area contributed by atoms with E-state index in [0.29, 0.717) is 11.5 Å². The monoisotopic (exact) mass is 546 g/mol. The van der Waals surface area contributed by atoms with Gasteiger partial charge in [-0.15, -0.1) is 10.2 Å². The molecule has 1 aliphatic heterocycles. The quantitative estimate of drug-likeness (QED) is 0.312. The summed E-state index contributed by atoms with van der Waals surface area (Å²) in [7, 11) is 0. The van der Waals surface area contributed by atoms with Gasteiger partial charge in [-0.25, -0.2) is 4.52 Å². The average molecular weight is 547 g/mol. The van der Waals surface area contributed by atoms with Crippen molar-refractivity contribution in [3.8, 4) is 28.0 Å². The Bertz CT molecular complexity index is 1490. The third-order valence-corrected chi connectivity index (χ3v) is 7.68. The van der Waals surface area contributed by atoms with Gasteiger partial charge < -0.3 is 15.2 Å². The number of fused-ring (bicyclic) bond motifs is 1. The molecule has 2 N–H and O–H groups in total. The lowest BCUT2D eigenvalue weighted by Crippen LogP contribution is -2.45. The van der Waals surface area contributed by atoms with Gasteiger partial charge >= 0.3 is 0 Å². The fourth-order valence-electron chi connectivity index (χ4n) is 4.72. The number of pyridine rings is 1. The van der Waals surface area contributed by atoms with E-state index < -0.39 is 12.0 Å². The Balaban J connectivity index is 1.37. The number of aromatic nitrogens is 5. The molecule has 11 heteroatoms. The minimum atomic E-state index is -0.897. The second kappa shape index (κ2) is 11.0. The molecule has 1 saturated heterocycles. The number of hydrogen-bond acceptors (Lipinski definition) is 10. The van der Waals surface area contributed by atoms with Crippen molar-refractivity contribution in [3.63, 3.8) is 0 Å². The number of aliphatic hydroxyl groups excluding tert-OH is 1. The highest BCUT2D eigenvalue weighted by Gasteiger charge is 2.30. The molecule has 0 saturated carbocycles. The van der Waals surface area contributed by atoms with Crippen LogP contribution in [0.4, 0.5) is 5.69 Å². The van der Waals surface area contributed by atoms with Gasteiger partial charge in [0.25, 0.3) is 0 Å². The summed E-state index contributed by atoms with van der Waals surface area (Å²) in [5.41, 5.74) is 4.40. The molecule has 0 spiro atoms. The van der Waals surface area contributed by atoms with E-state index in [0.717, 1.165) is 64.1 Å². The molecule has 4 aromatic rings. The predicted molar refractivity (Wildman–Crippen MR) is 151 cm³/mol. The zero-order valence-electron chi connectivity index (χ0n) is 22.9. The molecule has 1 aliphatic rings. The molecule has 0 aromatic carbocycles. The highest BCUT2D eigenvalue weighted by Crippen LogP contribution is 2.37. The van der Waals surface area contributed by atoms with Crippen LogP contribution in [0.5, 0.6) is 0 Å². The predicted octanol–water partition coefficient (Wildman–Crippen LogP) is 4.88. The van der Waals surface area contributed by atoms with Crippen molar-refractivity contribution in [2.75, 3.05) is 18.4 Å². The van der Waals surface area contributed by atoms with Crippen LogP contribution >= 0.6 is 11.3 Å². The van der Waals surface area contributed by atoms with Crippen molar-refractivity contribution < 1.29 is 9.84 Å². The van der Waals surface area contributed by atoms with Gasteiger partial charge in [-0.05, 0) is 71.7 Å². The summed E-state index contributed by atoms with van der Waals surface area (Å²) < 4.78 is 7.51. The minimum Gasteiger partial charge on any atom is -0.382 e. The number of likely N-dealkylation sites (tertiary alicyclic amines) is 1. The topological polar surface area (TPSA) is 124 Å². The number of ether oxygens (including phenoxy) is 1. The normalized spacial score (nSPS) is 16.1. The van der Waals surface area contributed by atoms with E-state index in [1.54, 1.807) is 22.0 Å². The molecule has 204 valence electrons. The van der Waals surface area contributed by atoms with Crippen molar-refractivity contribution in [1.29, 1.82) is 5.26 Å². The molecule has 10 nitrogen and oxygen atoms in total. The largest absolute Gasteiger partial charge is 0.382 e. The lowest BCUT2D eigenvalue weighted by molar-refractivity contribution is -0.242. The third-order valence-electron chi connectivity index (χ3n) is 6.56. The summed E-state index contributed by atoms with van der Waals surface area (Å²) in [5, 5.41) is 38.5. The van der Waals surface area contributed by atoms with Crippen molar-refractivity contribution in [2.24, 2.45) is 0 Å². The standard InChI is InChI=1S/C28H34N8O2S/c1-17(2)32-22-13-23(24-7-6-20-12-18(14-29)15-31-36(20)24)30-16-21(22)26-34-33-25(39-26)19-8-10-35(11-9-19)27(37)38-28(3,4)5/h6-7,12-13,15-17,19,27,37H,8-11H2,1-5H3,(H,30,32). The smallest absolute Gasteiger partial charge is 0.216 e. The Morgan fingerprint density at radius 2 is 1.92 bits per heavy atom. The van der Waals surface area contributed by atoms with Crippen molar-refractivity contribution in [2.45, 2.75) is 71.4 Å². The van der Waals surface area contributed by atoms with Crippen LogP contribution < -0.4 is 5.32 Å². The summed E-state index contributed by atoms with van der Waals surface area (Å²) in [6.07, 6.45) is 4.27. The van der Waals surface area contributed by atoms with Gasteiger partial charge in [0.1, 0.15) is 11.1 Å². The van der Waals surface area contributed by atoms with Gasteiger partial charge in [0.15, 0.2) is 5.01 Å². The number of piperidine rings is 1. The summed E-state index contributed by atoms with van der Waals surface area (Å²) in [5.74, 6) is 0.291. The Hall–Kier alpha value is -3.43. The highest BCUT2D eigenvalue weighted by molar-refractivity contribution is 7.14. The molecule has 1 unspecified atom stereocenters. The number of aliphatic hydroxyl groups is 1. The van der Waals surface area contributed by atoms with E-state index in [1.165, 1.54) is 0 Å².